The molecule has 136 valence electrons. The lowest BCUT2D eigenvalue weighted by Crippen LogP contribution is -2.41. The summed E-state index contributed by atoms with van der Waals surface area (Å²) in [5.41, 5.74) is 0. The molecule has 24 heavy (non-hydrogen) atoms. The van der Waals surface area contributed by atoms with E-state index in [-0.39, 0.29) is 11.9 Å². The third kappa shape index (κ3) is 5.19. The van der Waals surface area contributed by atoms with Crippen LogP contribution in [0, 0.1) is 5.92 Å². The van der Waals surface area contributed by atoms with Gasteiger partial charge in [0.15, 0.2) is 5.82 Å². The van der Waals surface area contributed by atoms with Crippen LogP contribution < -0.4 is 5.32 Å². The van der Waals surface area contributed by atoms with Crippen molar-refractivity contribution in [2.24, 2.45) is 5.92 Å². The van der Waals surface area contributed by atoms with Crippen LogP contribution in [0.15, 0.2) is 4.52 Å². The number of aromatic nitrogens is 2. The Morgan fingerprint density at radius 3 is 2.75 bits per heavy atom. The van der Waals surface area contributed by atoms with Gasteiger partial charge in [0.1, 0.15) is 0 Å². The van der Waals surface area contributed by atoms with Crippen molar-refractivity contribution in [2.75, 3.05) is 33.2 Å². The van der Waals surface area contributed by atoms with Gasteiger partial charge in [-0.15, -0.1) is 0 Å². The van der Waals surface area contributed by atoms with E-state index in [2.05, 4.69) is 34.2 Å². The molecule has 0 aromatic carbocycles. The fraction of sp³-hybridized carbons (Fsp3) is 0.824. The standard InChI is InChI=1S/C17H31N5O2/c1-12(2)16-19-15(20-24-16)7-8-21(5)17(23)18-10-14-6-9-22(11-14)13(3)4/h12-14H,6-11H2,1-5H3,(H,18,23)/t14-/m0/s1. The average molecular weight is 337 g/mol. The Kier molecular flexibility index (Phi) is 6.60. The molecule has 1 aliphatic rings. The Balaban J connectivity index is 1.68. The summed E-state index contributed by atoms with van der Waals surface area (Å²) in [5.74, 6) is 2.08. The van der Waals surface area contributed by atoms with Gasteiger partial charge in [-0.05, 0) is 32.7 Å². The quantitative estimate of drug-likeness (QED) is 0.825. The first-order chi connectivity index (χ1) is 11.4. The largest absolute Gasteiger partial charge is 0.339 e. The first-order valence-electron chi connectivity index (χ1n) is 8.92. The zero-order valence-electron chi connectivity index (χ0n) is 15.6. The number of carbonyl (C=O) groups is 1. The maximum Gasteiger partial charge on any atom is 0.317 e. The zero-order chi connectivity index (χ0) is 17.7. The van der Waals surface area contributed by atoms with E-state index in [4.69, 9.17) is 4.52 Å². The highest BCUT2D eigenvalue weighted by molar-refractivity contribution is 5.73. The number of hydrogen-bond acceptors (Lipinski definition) is 5. The molecule has 0 unspecified atom stereocenters. The lowest BCUT2D eigenvalue weighted by atomic mass is 10.1. The molecule has 7 heteroatoms. The number of nitrogens with one attached hydrogen (secondary N) is 1. The molecule has 2 heterocycles. The molecule has 0 saturated carbocycles. The van der Waals surface area contributed by atoms with Crippen LogP contribution in [0.2, 0.25) is 0 Å². The fourth-order valence-corrected chi connectivity index (χ4v) is 2.84. The smallest absolute Gasteiger partial charge is 0.317 e. The molecule has 1 N–H and O–H groups in total. The lowest BCUT2D eigenvalue weighted by Gasteiger charge is -2.21. The number of rotatable bonds is 7. The summed E-state index contributed by atoms with van der Waals surface area (Å²) in [6.45, 7) is 12.0. The highest BCUT2D eigenvalue weighted by Gasteiger charge is 2.24. The van der Waals surface area contributed by atoms with Gasteiger partial charge in [-0.25, -0.2) is 4.79 Å². The van der Waals surface area contributed by atoms with E-state index < -0.39 is 0 Å². The monoisotopic (exact) mass is 337 g/mol. The van der Waals surface area contributed by atoms with Crippen LogP contribution in [-0.2, 0) is 6.42 Å². The second-order valence-corrected chi connectivity index (χ2v) is 7.30. The molecule has 1 aliphatic heterocycles. The number of amides is 2. The van der Waals surface area contributed by atoms with E-state index in [1.54, 1.807) is 11.9 Å². The van der Waals surface area contributed by atoms with Crippen LogP contribution in [0.1, 0.15) is 51.7 Å². The van der Waals surface area contributed by atoms with Gasteiger partial charge in [0, 0.05) is 45.1 Å². The Morgan fingerprint density at radius 2 is 2.17 bits per heavy atom. The van der Waals surface area contributed by atoms with Crippen molar-refractivity contribution in [2.45, 2.75) is 52.5 Å². The molecule has 0 aliphatic carbocycles. The zero-order valence-corrected chi connectivity index (χ0v) is 15.6. The summed E-state index contributed by atoms with van der Waals surface area (Å²) in [7, 11) is 1.80. The summed E-state index contributed by atoms with van der Waals surface area (Å²) in [4.78, 5) is 20.7. The summed E-state index contributed by atoms with van der Waals surface area (Å²) in [6.07, 6.45) is 1.76. The van der Waals surface area contributed by atoms with Crippen LogP contribution >= 0.6 is 0 Å². The van der Waals surface area contributed by atoms with Crippen molar-refractivity contribution in [3.8, 4) is 0 Å². The average Bonchev–Trinajstić information content (AvgIpc) is 3.19. The van der Waals surface area contributed by atoms with Crippen molar-refractivity contribution in [3.63, 3.8) is 0 Å². The fourth-order valence-electron chi connectivity index (χ4n) is 2.84. The summed E-state index contributed by atoms with van der Waals surface area (Å²) >= 11 is 0. The summed E-state index contributed by atoms with van der Waals surface area (Å²) in [6, 6.07) is 0.546. The third-order valence-corrected chi connectivity index (χ3v) is 4.58. The van der Waals surface area contributed by atoms with Gasteiger partial charge >= 0.3 is 6.03 Å². The predicted molar refractivity (Wildman–Crippen MR) is 92.9 cm³/mol. The summed E-state index contributed by atoms with van der Waals surface area (Å²) in [5, 5.41) is 6.99. The molecule has 1 aromatic rings. The van der Waals surface area contributed by atoms with E-state index in [1.807, 2.05) is 13.8 Å². The minimum Gasteiger partial charge on any atom is -0.339 e. The van der Waals surface area contributed by atoms with Crippen LogP contribution in [0.5, 0.6) is 0 Å². The van der Waals surface area contributed by atoms with E-state index in [9.17, 15) is 4.79 Å². The Labute approximate surface area is 144 Å². The van der Waals surface area contributed by atoms with Crippen LogP contribution in [-0.4, -0.2) is 65.2 Å². The molecule has 1 fully saturated rings. The number of hydrogen-bond donors (Lipinski definition) is 1. The van der Waals surface area contributed by atoms with Crippen molar-refractivity contribution in [3.05, 3.63) is 11.7 Å². The van der Waals surface area contributed by atoms with E-state index in [1.165, 1.54) is 0 Å². The molecule has 1 atom stereocenters. The normalized spacial score (nSPS) is 18.5. The number of likely N-dealkylation sites (tertiary alicyclic amines) is 1. The maximum atomic E-state index is 12.2. The molecule has 2 amide bonds. The molecule has 0 bridgehead atoms. The molecular formula is C17H31N5O2. The van der Waals surface area contributed by atoms with E-state index in [0.29, 0.717) is 36.6 Å². The number of likely N-dealkylation sites (N-methyl/N-ethyl adjacent to an activating group) is 1. The molecule has 2 rings (SSSR count). The van der Waals surface area contributed by atoms with Crippen LogP contribution in [0.25, 0.3) is 0 Å². The Morgan fingerprint density at radius 1 is 1.42 bits per heavy atom. The second kappa shape index (κ2) is 8.46. The lowest BCUT2D eigenvalue weighted by molar-refractivity contribution is 0.206. The molecule has 0 radical (unpaired) electrons. The maximum absolute atomic E-state index is 12.2. The topological polar surface area (TPSA) is 74.5 Å². The van der Waals surface area contributed by atoms with Crippen molar-refractivity contribution >= 4 is 6.03 Å². The number of urea groups is 1. The van der Waals surface area contributed by atoms with Gasteiger partial charge in [0.05, 0.1) is 0 Å². The molecule has 0 spiro atoms. The highest BCUT2D eigenvalue weighted by atomic mass is 16.5. The Hall–Kier alpha value is -1.63. The van der Waals surface area contributed by atoms with Crippen molar-refractivity contribution < 1.29 is 9.32 Å². The molecule has 7 nitrogen and oxygen atoms in total. The predicted octanol–water partition coefficient (Wildman–Crippen LogP) is 2.11. The first-order valence-corrected chi connectivity index (χ1v) is 8.92. The highest BCUT2D eigenvalue weighted by Crippen LogP contribution is 2.17. The van der Waals surface area contributed by atoms with Gasteiger partial charge < -0.3 is 19.6 Å². The van der Waals surface area contributed by atoms with Gasteiger partial charge in [0.2, 0.25) is 5.89 Å². The SMILES string of the molecule is CC(C)c1nc(CCN(C)C(=O)NC[C@@H]2CCN(C(C)C)C2)no1. The minimum atomic E-state index is -0.0365. The van der Waals surface area contributed by atoms with Gasteiger partial charge in [0.25, 0.3) is 0 Å². The number of carbonyl (C=O) groups excluding carboxylic acids is 1. The molecule has 1 saturated heterocycles. The molecular weight excluding hydrogens is 306 g/mol. The van der Waals surface area contributed by atoms with Gasteiger partial charge in [-0.3, -0.25) is 0 Å². The van der Waals surface area contributed by atoms with Crippen molar-refractivity contribution in [1.29, 1.82) is 0 Å². The third-order valence-electron chi connectivity index (χ3n) is 4.58. The minimum absolute atomic E-state index is 0.0365. The molecule has 1 aromatic heterocycles. The second-order valence-electron chi connectivity index (χ2n) is 7.30. The van der Waals surface area contributed by atoms with Gasteiger partial charge in [-0.1, -0.05) is 19.0 Å². The van der Waals surface area contributed by atoms with Crippen LogP contribution in [0.4, 0.5) is 4.79 Å². The first kappa shape index (κ1) is 18.7. The van der Waals surface area contributed by atoms with E-state index >= 15 is 0 Å². The van der Waals surface area contributed by atoms with Crippen LogP contribution in [0.3, 0.4) is 0 Å². The summed E-state index contributed by atoms with van der Waals surface area (Å²) < 4.78 is 5.18. The Bertz CT molecular complexity index is 529. The van der Waals surface area contributed by atoms with Crippen molar-refractivity contribution in [1.82, 2.24) is 25.3 Å². The van der Waals surface area contributed by atoms with Gasteiger partial charge in [-0.2, -0.15) is 4.98 Å². The number of nitrogens with zero attached hydrogens (tertiary/aromatic N) is 4. The van der Waals surface area contributed by atoms with E-state index in [0.717, 1.165) is 26.1 Å².